The average molecular weight is 184 g/mol. The van der Waals surface area contributed by atoms with Gasteiger partial charge in [0.25, 0.3) is 0 Å². The zero-order valence-corrected chi connectivity index (χ0v) is 10.3. The van der Waals surface area contributed by atoms with E-state index >= 15 is 0 Å². The summed E-state index contributed by atoms with van der Waals surface area (Å²) in [6.45, 7) is 11.2. The van der Waals surface area contributed by atoms with Gasteiger partial charge in [0.1, 0.15) is 0 Å². The van der Waals surface area contributed by atoms with E-state index in [1.807, 2.05) is 13.8 Å². The summed E-state index contributed by atoms with van der Waals surface area (Å²) >= 11 is 0. The van der Waals surface area contributed by atoms with Gasteiger partial charge in [-0.1, -0.05) is 60.3 Å². The molecule has 1 fully saturated rings. The van der Waals surface area contributed by atoms with Crippen LogP contribution in [-0.4, -0.2) is 0 Å². The van der Waals surface area contributed by atoms with Crippen molar-refractivity contribution in [3.8, 4) is 0 Å². The van der Waals surface area contributed by atoms with Gasteiger partial charge in [-0.25, -0.2) is 0 Å². The van der Waals surface area contributed by atoms with E-state index in [0.717, 1.165) is 17.8 Å². The van der Waals surface area contributed by atoms with Crippen molar-refractivity contribution in [1.82, 2.24) is 0 Å². The molecule has 0 bridgehead atoms. The smallest absolute Gasteiger partial charge is 0.0363 e. The third-order valence-electron chi connectivity index (χ3n) is 3.40. The van der Waals surface area contributed by atoms with Gasteiger partial charge in [-0.05, 0) is 24.2 Å². The molecule has 1 aliphatic rings. The Morgan fingerprint density at radius 3 is 2.23 bits per heavy atom. The molecule has 1 rings (SSSR count). The monoisotopic (exact) mass is 184 g/mol. The van der Waals surface area contributed by atoms with E-state index < -0.39 is 0 Å². The van der Waals surface area contributed by atoms with Crippen molar-refractivity contribution in [2.24, 2.45) is 17.8 Å². The molecular formula is C13H28. The first kappa shape index (κ1) is 13.0. The highest BCUT2D eigenvalue weighted by molar-refractivity contribution is 4.77. The van der Waals surface area contributed by atoms with Gasteiger partial charge in [0.15, 0.2) is 0 Å². The van der Waals surface area contributed by atoms with E-state index in [-0.39, 0.29) is 0 Å². The minimum absolute atomic E-state index is 0.984. The highest BCUT2D eigenvalue weighted by Crippen LogP contribution is 2.37. The van der Waals surface area contributed by atoms with Crippen molar-refractivity contribution in [1.29, 1.82) is 0 Å². The topological polar surface area (TPSA) is 0 Å². The standard InChI is InChI=1S/C11H22.C2H6/c1-4-6-9(2)11-8-5-7-10(11)3;1-2/h9-11H,4-8H2,1-3H3;1-2H3. The van der Waals surface area contributed by atoms with Crippen molar-refractivity contribution in [3.63, 3.8) is 0 Å². The largest absolute Gasteiger partial charge is 0.0683 e. The van der Waals surface area contributed by atoms with Crippen LogP contribution in [0.4, 0.5) is 0 Å². The van der Waals surface area contributed by atoms with Crippen LogP contribution in [-0.2, 0) is 0 Å². The Labute approximate surface area is 85.1 Å². The number of hydrogen-bond donors (Lipinski definition) is 0. The Morgan fingerprint density at radius 1 is 1.23 bits per heavy atom. The van der Waals surface area contributed by atoms with Crippen molar-refractivity contribution in [2.45, 2.75) is 66.7 Å². The van der Waals surface area contributed by atoms with Crippen molar-refractivity contribution < 1.29 is 0 Å². The minimum Gasteiger partial charge on any atom is -0.0683 e. The molecule has 0 saturated heterocycles. The molecule has 0 heteroatoms. The Morgan fingerprint density at radius 2 is 1.85 bits per heavy atom. The van der Waals surface area contributed by atoms with Crippen LogP contribution in [0.15, 0.2) is 0 Å². The molecule has 13 heavy (non-hydrogen) atoms. The van der Waals surface area contributed by atoms with Crippen LogP contribution in [0.2, 0.25) is 0 Å². The van der Waals surface area contributed by atoms with Gasteiger partial charge in [0, 0.05) is 0 Å². The molecule has 0 aromatic carbocycles. The maximum Gasteiger partial charge on any atom is -0.0363 e. The summed E-state index contributed by atoms with van der Waals surface area (Å²) in [6, 6.07) is 0. The number of rotatable bonds is 3. The van der Waals surface area contributed by atoms with Crippen LogP contribution in [0.3, 0.4) is 0 Å². The lowest BCUT2D eigenvalue weighted by Gasteiger charge is -2.22. The molecule has 0 N–H and O–H groups in total. The van der Waals surface area contributed by atoms with E-state index in [2.05, 4.69) is 20.8 Å². The zero-order valence-electron chi connectivity index (χ0n) is 10.3. The molecule has 0 spiro atoms. The molecule has 0 nitrogen and oxygen atoms in total. The van der Waals surface area contributed by atoms with E-state index in [0.29, 0.717) is 0 Å². The second kappa shape index (κ2) is 7.41. The van der Waals surface area contributed by atoms with Crippen molar-refractivity contribution >= 4 is 0 Å². The first-order valence-corrected chi connectivity index (χ1v) is 6.25. The predicted molar refractivity (Wildman–Crippen MR) is 61.9 cm³/mol. The summed E-state index contributed by atoms with van der Waals surface area (Å²) in [5.41, 5.74) is 0. The average Bonchev–Trinajstić information content (AvgIpc) is 2.55. The summed E-state index contributed by atoms with van der Waals surface area (Å²) < 4.78 is 0. The summed E-state index contributed by atoms with van der Waals surface area (Å²) in [5, 5.41) is 0. The van der Waals surface area contributed by atoms with Gasteiger partial charge < -0.3 is 0 Å². The Bertz CT molecular complexity index is 107. The normalized spacial score (nSPS) is 29.3. The Balaban J connectivity index is 0.000000671. The third-order valence-corrected chi connectivity index (χ3v) is 3.40. The van der Waals surface area contributed by atoms with Crippen LogP contribution in [0.1, 0.15) is 66.7 Å². The molecule has 0 amide bonds. The molecule has 3 atom stereocenters. The molecule has 0 aromatic heterocycles. The zero-order chi connectivity index (χ0) is 10.3. The Kier molecular flexibility index (Phi) is 7.41. The van der Waals surface area contributed by atoms with Gasteiger partial charge in [0.2, 0.25) is 0 Å². The van der Waals surface area contributed by atoms with Crippen LogP contribution < -0.4 is 0 Å². The van der Waals surface area contributed by atoms with Gasteiger partial charge in [-0.15, -0.1) is 0 Å². The summed E-state index contributed by atoms with van der Waals surface area (Å²) in [6.07, 6.45) is 7.28. The second-order valence-corrected chi connectivity index (χ2v) is 4.34. The van der Waals surface area contributed by atoms with Gasteiger partial charge in [0.05, 0.1) is 0 Å². The lowest BCUT2D eigenvalue weighted by molar-refractivity contribution is 0.278. The second-order valence-electron chi connectivity index (χ2n) is 4.34. The maximum atomic E-state index is 2.44. The highest BCUT2D eigenvalue weighted by atomic mass is 14.3. The molecule has 0 aliphatic heterocycles. The first-order valence-electron chi connectivity index (χ1n) is 6.25. The van der Waals surface area contributed by atoms with Crippen LogP contribution in [0.25, 0.3) is 0 Å². The molecule has 0 radical (unpaired) electrons. The fourth-order valence-corrected chi connectivity index (χ4v) is 2.69. The van der Waals surface area contributed by atoms with Gasteiger partial charge >= 0.3 is 0 Å². The highest BCUT2D eigenvalue weighted by Gasteiger charge is 2.27. The fraction of sp³-hybridized carbons (Fsp3) is 1.00. The molecule has 3 unspecified atom stereocenters. The lowest BCUT2D eigenvalue weighted by atomic mass is 9.83. The SMILES string of the molecule is CC.CCCC(C)C1CCCC1C. The molecule has 80 valence electrons. The number of hydrogen-bond acceptors (Lipinski definition) is 0. The molecule has 0 heterocycles. The van der Waals surface area contributed by atoms with E-state index in [4.69, 9.17) is 0 Å². The quantitative estimate of drug-likeness (QED) is 0.586. The molecule has 1 aliphatic carbocycles. The van der Waals surface area contributed by atoms with Crippen LogP contribution in [0.5, 0.6) is 0 Å². The predicted octanol–water partition coefficient (Wildman–Crippen LogP) is 4.89. The summed E-state index contributed by atoms with van der Waals surface area (Å²) in [7, 11) is 0. The van der Waals surface area contributed by atoms with Crippen molar-refractivity contribution in [2.75, 3.05) is 0 Å². The summed E-state index contributed by atoms with van der Waals surface area (Å²) in [5.74, 6) is 3.05. The van der Waals surface area contributed by atoms with Gasteiger partial charge in [-0.3, -0.25) is 0 Å². The molecular weight excluding hydrogens is 156 g/mol. The lowest BCUT2D eigenvalue weighted by Crippen LogP contribution is -2.13. The third kappa shape index (κ3) is 4.15. The van der Waals surface area contributed by atoms with Gasteiger partial charge in [-0.2, -0.15) is 0 Å². The maximum absolute atomic E-state index is 2.44. The van der Waals surface area contributed by atoms with Crippen LogP contribution >= 0.6 is 0 Å². The molecule has 1 saturated carbocycles. The van der Waals surface area contributed by atoms with E-state index in [1.165, 1.54) is 32.1 Å². The van der Waals surface area contributed by atoms with E-state index in [1.54, 1.807) is 0 Å². The molecule has 0 aromatic rings. The minimum atomic E-state index is 0.984. The van der Waals surface area contributed by atoms with E-state index in [9.17, 15) is 0 Å². The van der Waals surface area contributed by atoms with Crippen LogP contribution in [0, 0.1) is 17.8 Å². The first-order chi connectivity index (χ1) is 6.25. The van der Waals surface area contributed by atoms with Crippen molar-refractivity contribution in [3.05, 3.63) is 0 Å². The summed E-state index contributed by atoms with van der Waals surface area (Å²) in [4.78, 5) is 0. The fourth-order valence-electron chi connectivity index (χ4n) is 2.69. The Hall–Kier alpha value is 0.